The summed E-state index contributed by atoms with van der Waals surface area (Å²) in [6.45, 7) is -0.783. The molecule has 166 valence electrons. The molecule has 5 rings (SSSR count). The summed E-state index contributed by atoms with van der Waals surface area (Å²) >= 11 is 0. The van der Waals surface area contributed by atoms with E-state index in [1.165, 1.54) is 30.3 Å². The van der Waals surface area contributed by atoms with Crippen molar-refractivity contribution in [3.63, 3.8) is 0 Å². The van der Waals surface area contributed by atoms with Gasteiger partial charge in [-0.3, -0.25) is 29.3 Å². The van der Waals surface area contributed by atoms with Crippen molar-refractivity contribution in [2.24, 2.45) is 0 Å². The van der Waals surface area contributed by atoms with E-state index < -0.39 is 57.8 Å². The Balaban J connectivity index is 1.48. The Hall–Kier alpha value is -4.99. The van der Waals surface area contributed by atoms with Gasteiger partial charge >= 0.3 is 5.97 Å². The van der Waals surface area contributed by atoms with Crippen LogP contribution in [0.1, 0.15) is 62.9 Å². The fraction of sp³-hybridized carbons (Fsp3) is 0.0417. The van der Waals surface area contributed by atoms with Crippen molar-refractivity contribution >= 4 is 35.0 Å². The Kier molecular flexibility index (Phi) is 4.64. The van der Waals surface area contributed by atoms with Crippen LogP contribution in [0.5, 0.6) is 0 Å². The number of benzene rings is 3. The molecule has 0 saturated heterocycles. The molecule has 1 aliphatic carbocycles. The van der Waals surface area contributed by atoms with Gasteiger partial charge in [-0.2, -0.15) is 0 Å². The summed E-state index contributed by atoms with van der Waals surface area (Å²) in [4.78, 5) is 75.1. The molecule has 0 unspecified atom stereocenters. The van der Waals surface area contributed by atoms with E-state index in [2.05, 4.69) is 0 Å². The van der Waals surface area contributed by atoms with Gasteiger partial charge in [-0.25, -0.2) is 9.69 Å². The van der Waals surface area contributed by atoms with Crippen LogP contribution in [0.3, 0.4) is 0 Å². The molecule has 0 radical (unpaired) electrons. The summed E-state index contributed by atoms with van der Waals surface area (Å²) in [5, 5.41) is 11.9. The van der Waals surface area contributed by atoms with Gasteiger partial charge in [0.2, 0.25) is 5.78 Å². The summed E-state index contributed by atoms with van der Waals surface area (Å²) in [5.41, 5.74) is -1.79. The minimum absolute atomic E-state index is 0.0142. The zero-order valence-electron chi connectivity index (χ0n) is 17.1. The van der Waals surface area contributed by atoms with Gasteiger partial charge in [0, 0.05) is 16.7 Å². The highest BCUT2D eigenvalue weighted by Gasteiger charge is 2.40. The van der Waals surface area contributed by atoms with Gasteiger partial charge in [-0.15, -0.1) is 0 Å². The largest absolute Gasteiger partial charge is 0.440 e. The van der Waals surface area contributed by atoms with Crippen molar-refractivity contribution in [2.45, 2.75) is 0 Å². The third-order valence-corrected chi connectivity index (χ3v) is 5.67. The summed E-state index contributed by atoms with van der Waals surface area (Å²) in [6.07, 6.45) is 0. The molecule has 1 heterocycles. The average Bonchev–Trinajstić information content (AvgIpc) is 3.09. The van der Waals surface area contributed by atoms with E-state index in [9.17, 15) is 34.1 Å². The van der Waals surface area contributed by atoms with Crippen molar-refractivity contribution in [1.29, 1.82) is 0 Å². The number of carbonyl (C=O) groups excluding carboxylic acids is 5. The second kappa shape index (κ2) is 7.55. The maximum Gasteiger partial charge on any atom is 0.346 e. The number of fused-ring (bicyclic) bond motifs is 3. The molecular weight excluding hydrogens is 444 g/mol. The number of nitro benzene ring substituents is 1. The highest BCUT2D eigenvalue weighted by atomic mass is 16.6. The fourth-order valence-corrected chi connectivity index (χ4v) is 4.08. The Morgan fingerprint density at radius 3 is 1.85 bits per heavy atom. The molecular formula is C24H12N2O8. The predicted molar refractivity (Wildman–Crippen MR) is 114 cm³/mol. The van der Waals surface area contributed by atoms with E-state index in [-0.39, 0.29) is 27.8 Å². The lowest BCUT2D eigenvalue weighted by atomic mass is 9.82. The molecule has 0 N–H and O–H groups in total. The van der Waals surface area contributed by atoms with E-state index >= 15 is 0 Å². The number of hydrogen-bond acceptors (Lipinski definition) is 8. The Morgan fingerprint density at radius 2 is 1.29 bits per heavy atom. The average molecular weight is 456 g/mol. The molecule has 0 saturated carbocycles. The summed E-state index contributed by atoms with van der Waals surface area (Å²) in [6, 6.07) is 14.1. The summed E-state index contributed by atoms with van der Waals surface area (Å²) in [5.74, 6) is -3.94. The Labute approximate surface area is 190 Å². The quantitative estimate of drug-likeness (QED) is 0.198. The number of ketones is 2. The van der Waals surface area contributed by atoms with Crippen LogP contribution in [0.15, 0.2) is 60.7 Å². The minimum Gasteiger partial charge on any atom is -0.440 e. The lowest BCUT2D eigenvalue weighted by Gasteiger charge is -2.18. The number of esters is 1. The first-order valence-corrected chi connectivity index (χ1v) is 9.93. The van der Waals surface area contributed by atoms with E-state index in [0.717, 1.165) is 12.1 Å². The van der Waals surface area contributed by atoms with Crippen LogP contribution in [0.25, 0.3) is 0 Å². The van der Waals surface area contributed by atoms with E-state index in [4.69, 9.17) is 4.74 Å². The lowest BCUT2D eigenvalue weighted by molar-refractivity contribution is -0.385. The van der Waals surface area contributed by atoms with E-state index in [1.807, 2.05) is 0 Å². The predicted octanol–water partition coefficient (Wildman–Crippen LogP) is 2.78. The number of carbonyl (C=O) groups is 5. The van der Waals surface area contributed by atoms with Crippen LogP contribution >= 0.6 is 0 Å². The maximum absolute atomic E-state index is 13.0. The molecule has 1 aliphatic heterocycles. The van der Waals surface area contributed by atoms with Crippen molar-refractivity contribution in [3.05, 3.63) is 110 Å². The van der Waals surface area contributed by atoms with Crippen LogP contribution < -0.4 is 0 Å². The lowest BCUT2D eigenvalue weighted by Crippen LogP contribution is -2.33. The third-order valence-electron chi connectivity index (χ3n) is 5.67. The minimum atomic E-state index is -1.23. The molecule has 0 fully saturated rings. The number of nitro groups is 1. The Bertz CT molecular complexity index is 1460. The number of hydrogen-bond donors (Lipinski definition) is 0. The summed E-state index contributed by atoms with van der Waals surface area (Å²) in [7, 11) is 0. The molecule has 0 aromatic heterocycles. The molecule has 0 spiro atoms. The van der Waals surface area contributed by atoms with Crippen molar-refractivity contribution < 1.29 is 33.6 Å². The van der Waals surface area contributed by atoms with Gasteiger partial charge in [0.05, 0.1) is 16.1 Å². The maximum atomic E-state index is 13.0. The molecule has 0 bridgehead atoms. The number of ether oxygens (including phenoxy) is 1. The van der Waals surface area contributed by atoms with Crippen molar-refractivity contribution in [3.8, 4) is 0 Å². The zero-order chi connectivity index (χ0) is 24.1. The molecule has 0 atom stereocenters. The molecule has 3 aromatic rings. The van der Waals surface area contributed by atoms with Gasteiger partial charge in [0.15, 0.2) is 12.5 Å². The fourth-order valence-electron chi connectivity index (χ4n) is 4.08. The van der Waals surface area contributed by atoms with E-state index in [0.29, 0.717) is 4.90 Å². The molecule has 34 heavy (non-hydrogen) atoms. The van der Waals surface area contributed by atoms with Crippen LogP contribution in [0.2, 0.25) is 0 Å². The first-order valence-electron chi connectivity index (χ1n) is 9.93. The van der Waals surface area contributed by atoms with Gasteiger partial charge in [0.1, 0.15) is 11.1 Å². The normalized spacial score (nSPS) is 13.9. The third kappa shape index (κ3) is 2.93. The van der Waals surface area contributed by atoms with Crippen molar-refractivity contribution in [1.82, 2.24) is 4.90 Å². The molecule has 3 aromatic carbocycles. The number of amides is 2. The van der Waals surface area contributed by atoms with Gasteiger partial charge < -0.3 is 4.74 Å². The number of nitrogens with zero attached hydrogens (tertiary/aromatic N) is 2. The van der Waals surface area contributed by atoms with Crippen LogP contribution in [-0.2, 0) is 4.74 Å². The smallest absolute Gasteiger partial charge is 0.346 e. The second-order valence-electron chi connectivity index (χ2n) is 7.49. The van der Waals surface area contributed by atoms with Gasteiger partial charge in [-0.1, -0.05) is 36.4 Å². The van der Waals surface area contributed by atoms with Crippen LogP contribution in [0, 0.1) is 10.1 Å². The van der Waals surface area contributed by atoms with Crippen molar-refractivity contribution in [2.75, 3.05) is 6.73 Å². The first-order chi connectivity index (χ1) is 16.3. The molecule has 2 aliphatic rings. The van der Waals surface area contributed by atoms with Crippen LogP contribution in [-0.4, -0.2) is 45.9 Å². The number of imide groups is 1. The first kappa shape index (κ1) is 20.9. The zero-order valence-corrected chi connectivity index (χ0v) is 17.1. The Morgan fingerprint density at radius 1 is 0.765 bits per heavy atom. The standard InChI is InChI=1S/C24H12N2O8/c27-20-12-5-1-2-6-13(12)21(28)18-16(20)9-10-17(19(18)26(32)33)24(31)34-11-25-22(29)14-7-3-4-8-15(14)23(25)30/h1-10H,11H2. The molecule has 10 nitrogen and oxygen atoms in total. The highest BCUT2D eigenvalue weighted by Crippen LogP contribution is 2.36. The van der Waals surface area contributed by atoms with Gasteiger partial charge in [-0.05, 0) is 24.3 Å². The molecule has 2 amide bonds. The SMILES string of the molecule is O=C1c2ccccc2C(=O)c2c1ccc(C(=O)OCN1C(=O)c3ccccc3C1=O)c2[N+](=O)[O-]. The van der Waals surface area contributed by atoms with E-state index in [1.54, 1.807) is 18.2 Å². The topological polar surface area (TPSA) is 141 Å². The monoisotopic (exact) mass is 456 g/mol. The second-order valence-corrected chi connectivity index (χ2v) is 7.49. The van der Waals surface area contributed by atoms with Gasteiger partial charge in [0.25, 0.3) is 17.5 Å². The van der Waals surface area contributed by atoms with Crippen LogP contribution in [0.4, 0.5) is 5.69 Å². The summed E-state index contributed by atoms with van der Waals surface area (Å²) < 4.78 is 5.04. The number of rotatable bonds is 4. The molecule has 10 heteroatoms. The highest BCUT2D eigenvalue weighted by molar-refractivity contribution is 6.30.